The standard InChI is InChI=1S/C13H15F2NO2/c1-2-13(18)7-16(8-13)12(17)6-9-3-4-10(14)11(15)5-9/h3-5,18H,2,6-8H2,1H3. The Morgan fingerprint density at radius 1 is 1.39 bits per heavy atom. The maximum absolute atomic E-state index is 13.0. The molecular weight excluding hydrogens is 240 g/mol. The summed E-state index contributed by atoms with van der Waals surface area (Å²) >= 11 is 0. The Morgan fingerprint density at radius 2 is 2.06 bits per heavy atom. The first-order chi connectivity index (χ1) is 8.43. The Balaban J connectivity index is 1.94. The third kappa shape index (κ3) is 2.51. The number of benzene rings is 1. The summed E-state index contributed by atoms with van der Waals surface area (Å²) < 4.78 is 25.7. The number of hydrogen-bond donors (Lipinski definition) is 1. The van der Waals surface area contributed by atoms with Gasteiger partial charge in [-0.25, -0.2) is 8.78 Å². The van der Waals surface area contributed by atoms with Crippen molar-refractivity contribution < 1.29 is 18.7 Å². The number of carbonyl (C=O) groups excluding carboxylic acids is 1. The second-order valence-electron chi connectivity index (χ2n) is 4.75. The minimum absolute atomic E-state index is 0.0248. The van der Waals surface area contributed by atoms with Gasteiger partial charge in [-0.15, -0.1) is 0 Å². The van der Waals surface area contributed by atoms with Gasteiger partial charge in [0.2, 0.25) is 5.91 Å². The largest absolute Gasteiger partial charge is 0.386 e. The van der Waals surface area contributed by atoms with Crippen LogP contribution in [-0.2, 0) is 11.2 Å². The van der Waals surface area contributed by atoms with E-state index >= 15 is 0 Å². The molecule has 1 aliphatic rings. The molecule has 0 radical (unpaired) electrons. The summed E-state index contributed by atoms with van der Waals surface area (Å²) in [4.78, 5) is 13.3. The van der Waals surface area contributed by atoms with Gasteiger partial charge in [-0.3, -0.25) is 4.79 Å². The van der Waals surface area contributed by atoms with E-state index in [1.807, 2.05) is 6.92 Å². The van der Waals surface area contributed by atoms with E-state index in [4.69, 9.17) is 0 Å². The van der Waals surface area contributed by atoms with E-state index in [1.54, 1.807) is 0 Å². The fraction of sp³-hybridized carbons (Fsp3) is 0.462. The highest BCUT2D eigenvalue weighted by Crippen LogP contribution is 2.24. The maximum Gasteiger partial charge on any atom is 0.227 e. The van der Waals surface area contributed by atoms with Crippen molar-refractivity contribution in [2.45, 2.75) is 25.4 Å². The number of amides is 1. The van der Waals surface area contributed by atoms with E-state index in [0.29, 0.717) is 25.1 Å². The highest BCUT2D eigenvalue weighted by molar-refractivity contribution is 5.79. The molecule has 1 N–H and O–H groups in total. The lowest BCUT2D eigenvalue weighted by Gasteiger charge is -2.46. The second kappa shape index (κ2) is 4.65. The van der Waals surface area contributed by atoms with Crippen LogP contribution in [0.15, 0.2) is 18.2 Å². The molecule has 1 fully saturated rings. The summed E-state index contributed by atoms with van der Waals surface area (Å²) in [6.07, 6.45) is 0.624. The van der Waals surface area contributed by atoms with E-state index in [0.717, 1.165) is 12.1 Å². The van der Waals surface area contributed by atoms with Crippen molar-refractivity contribution in [2.24, 2.45) is 0 Å². The molecule has 0 aromatic heterocycles. The Bertz CT molecular complexity index is 470. The van der Waals surface area contributed by atoms with Crippen LogP contribution in [0.25, 0.3) is 0 Å². The Kier molecular flexibility index (Phi) is 3.34. The van der Waals surface area contributed by atoms with Gasteiger partial charge in [-0.2, -0.15) is 0 Å². The summed E-state index contributed by atoms with van der Waals surface area (Å²) in [6, 6.07) is 3.43. The van der Waals surface area contributed by atoms with Crippen LogP contribution in [0.5, 0.6) is 0 Å². The van der Waals surface area contributed by atoms with Crippen molar-refractivity contribution in [3.63, 3.8) is 0 Å². The Morgan fingerprint density at radius 3 is 2.61 bits per heavy atom. The van der Waals surface area contributed by atoms with Crippen molar-refractivity contribution in [3.8, 4) is 0 Å². The molecule has 98 valence electrons. The third-order valence-electron chi connectivity index (χ3n) is 3.32. The van der Waals surface area contributed by atoms with Crippen LogP contribution < -0.4 is 0 Å². The summed E-state index contributed by atoms with van der Waals surface area (Å²) in [5, 5.41) is 9.78. The molecule has 0 unspecified atom stereocenters. The van der Waals surface area contributed by atoms with Crippen LogP contribution in [0.4, 0.5) is 8.78 Å². The van der Waals surface area contributed by atoms with Gasteiger partial charge in [0.25, 0.3) is 0 Å². The number of hydrogen-bond acceptors (Lipinski definition) is 2. The molecule has 0 spiro atoms. The monoisotopic (exact) mass is 255 g/mol. The zero-order valence-electron chi connectivity index (χ0n) is 10.1. The molecule has 0 aliphatic carbocycles. The van der Waals surface area contributed by atoms with Gasteiger partial charge < -0.3 is 10.0 Å². The van der Waals surface area contributed by atoms with Gasteiger partial charge in [0.1, 0.15) is 0 Å². The molecule has 0 saturated carbocycles. The van der Waals surface area contributed by atoms with Gasteiger partial charge >= 0.3 is 0 Å². The lowest BCUT2D eigenvalue weighted by molar-refractivity contribution is -0.155. The SMILES string of the molecule is CCC1(O)CN(C(=O)Cc2ccc(F)c(F)c2)C1. The summed E-state index contributed by atoms with van der Waals surface area (Å²) in [7, 11) is 0. The minimum Gasteiger partial charge on any atom is -0.386 e. The van der Waals surface area contributed by atoms with Crippen LogP contribution in [0.1, 0.15) is 18.9 Å². The van der Waals surface area contributed by atoms with Crippen LogP contribution in [0.2, 0.25) is 0 Å². The highest BCUT2D eigenvalue weighted by Gasteiger charge is 2.41. The molecule has 1 aromatic rings. The number of nitrogens with zero attached hydrogens (tertiary/aromatic N) is 1. The van der Waals surface area contributed by atoms with Crippen molar-refractivity contribution in [1.82, 2.24) is 4.90 Å². The topological polar surface area (TPSA) is 40.5 Å². The van der Waals surface area contributed by atoms with Crippen LogP contribution in [0.3, 0.4) is 0 Å². The van der Waals surface area contributed by atoms with Gasteiger partial charge in [0, 0.05) is 0 Å². The van der Waals surface area contributed by atoms with E-state index in [9.17, 15) is 18.7 Å². The molecule has 0 atom stereocenters. The fourth-order valence-electron chi connectivity index (χ4n) is 2.00. The van der Waals surface area contributed by atoms with E-state index in [-0.39, 0.29) is 12.3 Å². The summed E-state index contributed by atoms with van der Waals surface area (Å²) in [5.74, 6) is -2.05. The number of likely N-dealkylation sites (tertiary alicyclic amines) is 1. The molecule has 1 aliphatic heterocycles. The van der Waals surface area contributed by atoms with Crippen LogP contribution in [0, 0.1) is 11.6 Å². The molecule has 18 heavy (non-hydrogen) atoms. The molecule has 3 nitrogen and oxygen atoms in total. The predicted molar refractivity (Wildman–Crippen MR) is 61.9 cm³/mol. The molecule has 5 heteroatoms. The van der Waals surface area contributed by atoms with Crippen LogP contribution in [-0.4, -0.2) is 34.6 Å². The smallest absolute Gasteiger partial charge is 0.227 e. The molecule has 0 bridgehead atoms. The number of rotatable bonds is 3. The third-order valence-corrected chi connectivity index (χ3v) is 3.32. The predicted octanol–water partition coefficient (Wildman–Crippen LogP) is 1.49. The number of carbonyl (C=O) groups is 1. The number of aliphatic hydroxyl groups is 1. The number of halogens is 2. The fourth-order valence-corrected chi connectivity index (χ4v) is 2.00. The van der Waals surface area contributed by atoms with Crippen molar-refractivity contribution in [3.05, 3.63) is 35.4 Å². The first kappa shape index (κ1) is 13.0. The van der Waals surface area contributed by atoms with Crippen LogP contribution >= 0.6 is 0 Å². The molecule has 1 aromatic carbocycles. The lowest BCUT2D eigenvalue weighted by Crippen LogP contribution is -2.63. The zero-order valence-corrected chi connectivity index (χ0v) is 10.1. The normalized spacial score (nSPS) is 17.4. The summed E-state index contributed by atoms with van der Waals surface area (Å²) in [5.41, 5.74) is -0.338. The number of β-amino-alcohol motifs (C(OH)–C–C–N with tert-alkyl or cyclic N) is 1. The Hall–Kier alpha value is -1.49. The first-order valence-electron chi connectivity index (χ1n) is 5.87. The van der Waals surface area contributed by atoms with E-state index < -0.39 is 17.2 Å². The molecule has 2 rings (SSSR count). The quantitative estimate of drug-likeness (QED) is 0.889. The highest BCUT2D eigenvalue weighted by atomic mass is 19.2. The summed E-state index contributed by atoms with van der Waals surface area (Å²) in [6.45, 7) is 2.48. The van der Waals surface area contributed by atoms with Gasteiger partial charge in [0.05, 0.1) is 25.1 Å². The first-order valence-corrected chi connectivity index (χ1v) is 5.87. The Labute approximate surface area is 104 Å². The van der Waals surface area contributed by atoms with Crippen molar-refractivity contribution in [1.29, 1.82) is 0 Å². The molecule has 1 amide bonds. The average molecular weight is 255 g/mol. The van der Waals surface area contributed by atoms with Crippen molar-refractivity contribution >= 4 is 5.91 Å². The van der Waals surface area contributed by atoms with Gasteiger partial charge in [-0.05, 0) is 24.1 Å². The lowest BCUT2D eigenvalue weighted by atomic mass is 9.91. The molecular formula is C13H15F2NO2. The second-order valence-corrected chi connectivity index (χ2v) is 4.75. The molecule has 1 saturated heterocycles. The minimum atomic E-state index is -0.950. The van der Waals surface area contributed by atoms with E-state index in [1.165, 1.54) is 11.0 Å². The average Bonchev–Trinajstić information content (AvgIpc) is 2.29. The van der Waals surface area contributed by atoms with Crippen molar-refractivity contribution in [2.75, 3.05) is 13.1 Å². The zero-order chi connectivity index (χ0) is 13.3. The maximum atomic E-state index is 13.0. The molecule has 1 heterocycles. The van der Waals surface area contributed by atoms with Gasteiger partial charge in [-0.1, -0.05) is 13.0 Å². The van der Waals surface area contributed by atoms with E-state index in [2.05, 4.69) is 0 Å². The van der Waals surface area contributed by atoms with Gasteiger partial charge in [0.15, 0.2) is 11.6 Å².